The van der Waals surface area contributed by atoms with Crippen LogP contribution in [0.5, 0.6) is 0 Å². The molecule has 0 heterocycles. The number of allylic oxidation sites excluding steroid dienone is 3. The van der Waals surface area contributed by atoms with Crippen LogP contribution in [-0.2, 0) is 24.0 Å². The molecule has 0 fully saturated rings. The van der Waals surface area contributed by atoms with Gasteiger partial charge in [-0.25, -0.2) is 0 Å². The minimum atomic E-state index is -1.48. The van der Waals surface area contributed by atoms with Crippen LogP contribution in [0, 0.1) is 0 Å². The summed E-state index contributed by atoms with van der Waals surface area (Å²) in [6.07, 6.45) is 5.74. The van der Waals surface area contributed by atoms with Crippen molar-refractivity contribution in [2.24, 2.45) is 0 Å². The van der Waals surface area contributed by atoms with Crippen LogP contribution in [-0.4, -0.2) is 94.2 Å². The SMILES string of the molecule is CC=CC=CC(=O)[O-].O=C([O-])CN(CCN(CC(=O)O)CC(=O)O)CC(=O)O.[Na+].[Na+]. The number of carbonyl (C=O) groups is 5. The molecule has 158 valence electrons. The molecule has 3 N–H and O–H groups in total. The first-order chi connectivity index (χ1) is 13.0. The summed E-state index contributed by atoms with van der Waals surface area (Å²) < 4.78 is 0. The summed E-state index contributed by atoms with van der Waals surface area (Å²) in [7, 11) is 0. The van der Waals surface area contributed by atoms with E-state index in [1.807, 2.05) is 0 Å². The molecule has 0 spiro atoms. The van der Waals surface area contributed by atoms with Gasteiger partial charge < -0.3 is 35.1 Å². The first-order valence-electron chi connectivity index (χ1n) is 7.78. The summed E-state index contributed by atoms with van der Waals surface area (Å²) in [5.74, 6) is -6.38. The van der Waals surface area contributed by atoms with E-state index in [-0.39, 0.29) is 72.2 Å². The molecule has 0 rings (SSSR count). The monoisotopic (exact) mass is 448 g/mol. The molecule has 0 radical (unpaired) electrons. The Morgan fingerprint density at radius 2 is 1.10 bits per heavy atom. The van der Waals surface area contributed by atoms with Crippen LogP contribution in [0.3, 0.4) is 0 Å². The van der Waals surface area contributed by atoms with E-state index < -0.39 is 56.0 Å². The minimum absolute atomic E-state index is 0. The second-order valence-electron chi connectivity index (χ2n) is 5.18. The topological polar surface area (TPSA) is 199 Å². The maximum atomic E-state index is 10.5. The van der Waals surface area contributed by atoms with E-state index in [2.05, 4.69) is 0 Å². The smallest absolute Gasteiger partial charge is 0.549 e. The van der Waals surface area contributed by atoms with Gasteiger partial charge in [0.1, 0.15) is 0 Å². The van der Waals surface area contributed by atoms with E-state index in [1.54, 1.807) is 19.1 Å². The van der Waals surface area contributed by atoms with Crippen molar-refractivity contribution in [3.63, 3.8) is 0 Å². The Kier molecular flexibility index (Phi) is 27.0. The quantitative estimate of drug-likeness (QED) is 0.137. The molecule has 12 nitrogen and oxygen atoms in total. The van der Waals surface area contributed by atoms with Crippen molar-refractivity contribution in [2.75, 3.05) is 39.3 Å². The Morgan fingerprint density at radius 1 is 0.733 bits per heavy atom. The Labute approximate surface area is 217 Å². The van der Waals surface area contributed by atoms with Crippen molar-refractivity contribution >= 4 is 29.8 Å². The molecule has 0 aromatic heterocycles. The fourth-order valence-corrected chi connectivity index (χ4v) is 1.71. The van der Waals surface area contributed by atoms with Gasteiger partial charge in [-0.15, -0.1) is 0 Å². The molecular formula is C16H22N2Na2O10. The molecule has 0 bridgehead atoms. The Hall–Kier alpha value is -1.25. The van der Waals surface area contributed by atoms with Crippen LogP contribution >= 0.6 is 0 Å². The fourth-order valence-electron chi connectivity index (χ4n) is 1.71. The van der Waals surface area contributed by atoms with Gasteiger partial charge in [0.2, 0.25) is 0 Å². The molecule has 30 heavy (non-hydrogen) atoms. The predicted molar refractivity (Wildman–Crippen MR) is 89.8 cm³/mol. The van der Waals surface area contributed by atoms with Crippen molar-refractivity contribution in [3.8, 4) is 0 Å². The fraction of sp³-hybridized carbons (Fsp3) is 0.438. The number of aliphatic carboxylic acids is 5. The van der Waals surface area contributed by atoms with E-state index in [0.29, 0.717) is 0 Å². The van der Waals surface area contributed by atoms with Gasteiger partial charge in [-0.3, -0.25) is 24.2 Å². The Balaban J connectivity index is -0.000000288. The van der Waals surface area contributed by atoms with Crippen LogP contribution in [0.1, 0.15) is 6.92 Å². The third kappa shape index (κ3) is 29.0. The van der Waals surface area contributed by atoms with E-state index in [1.165, 1.54) is 6.08 Å². The average Bonchev–Trinajstić information content (AvgIpc) is 2.50. The summed E-state index contributed by atoms with van der Waals surface area (Å²) in [5, 5.41) is 45.9. The molecule has 0 saturated carbocycles. The van der Waals surface area contributed by atoms with E-state index in [0.717, 1.165) is 15.9 Å². The number of carbonyl (C=O) groups excluding carboxylic acids is 2. The maximum Gasteiger partial charge on any atom is 1.00 e. The molecule has 0 atom stereocenters. The zero-order chi connectivity index (χ0) is 22.1. The van der Waals surface area contributed by atoms with Gasteiger partial charge in [0, 0.05) is 19.6 Å². The third-order valence-electron chi connectivity index (χ3n) is 2.70. The zero-order valence-electron chi connectivity index (χ0n) is 17.1. The first kappa shape index (κ1) is 36.1. The van der Waals surface area contributed by atoms with Crippen molar-refractivity contribution in [1.82, 2.24) is 9.80 Å². The maximum absolute atomic E-state index is 10.5. The second kappa shape index (κ2) is 22.4. The molecule has 0 amide bonds. The number of carboxylic acids is 5. The van der Waals surface area contributed by atoms with Gasteiger partial charge >= 0.3 is 77.0 Å². The summed E-state index contributed by atoms with van der Waals surface area (Å²) in [4.78, 5) is 53.8. The minimum Gasteiger partial charge on any atom is -0.549 e. The molecule has 14 heteroatoms. The standard InChI is InChI=1S/C10H16N2O8.C6H8O2.2Na/c13-7(14)3-11(4-8(15)16)1-2-12(5-9(17)18)6-10(19)20;1-2-3-4-5-6(7)8;;/h1-6H2,(H,13,14)(H,15,16)(H,17,18)(H,19,20);2-5H,1H3,(H,7,8);;/q;;2*+1/p-2. The van der Waals surface area contributed by atoms with Crippen molar-refractivity contribution in [3.05, 3.63) is 24.3 Å². The Bertz CT molecular complexity index is 543. The number of nitrogens with zero attached hydrogens (tertiary/aromatic N) is 2. The number of rotatable bonds is 13. The van der Waals surface area contributed by atoms with E-state index >= 15 is 0 Å². The van der Waals surface area contributed by atoms with Crippen LogP contribution in [0.4, 0.5) is 0 Å². The summed E-state index contributed by atoms with van der Waals surface area (Å²) >= 11 is 0. The molecule has 0 saturated heterocycles. The predicted octanol–water partition coefficient (Wildman–Crippen LogP) is -9.53. The number of hydrogen-bond acceptors (Lipinski definition) is 9. The zero-order valence-corrected chi connectivity index (χ0v) is 21.1. The largest absolute Gasteiger partial charge is 1.00 e. The third-order valence-corrected chi connectivity index (χ3v) is 2.70. The molecule has 0 aliphatic carbocycles. The van der Waals surface area contributed by atoms with Gasteiger partial charge in [-0.05, 0) is 13.0 Å². The molecule has 0 aliphatic rings. The van der Waals surface area contributed by atoms with Crippen LogP contribution in [0.15, 0.2) is 24.3 Å². The molecular weight excluding hydrogens is 426 g/mol. The van der Waals surface area contributed by atoms with Crippen LogP contribution < -0.4 is 69.3 Å². The first-order valence-corrected chi connectivity index (χ1v) is 7.78. The normalized spacial score (nSPS) is 10.1. The van der Waals surface area contributed by atoms with Gasteiger partial charge in [0.15, 0.2) is 0 Å². The molecule has 0 aromatic rings. The molecule has 0 unspecified atom stereocenters. The van der Waals surface area contributed by atoms with Gasteiger partial charge in [-0.1, -0.05) is 18.2 Å². The summed E-state index contributed by atoms with van der Waals surface area (Å²) in [6, 6.07) is 0. The van der Waals surface area contributed by atoms with Crippen molar-refractivity contribution in [2.45, 2.75) is 6.92 Å². The van der Waals surface area contributed by atoms with Crippen LogP contribution in [0.2, 0.25) is 0 Å². The van der Waals surface area contributed by atoms with E-state index in [9.17, 15) is 34.2 Å². The van der Waals surface area contributed by atoms with E-state index in [4.69, 9.17) is 15.3 Å². The summed E-state index contributed by atoms with van der Waals surface area (Å²) in [5.41, 5.74) is 0. The van der Waals surface area contributed by atoms with Crippen molar-refractivity contribution < 1.29 is 109 Å². The number of hydrogen-bond donors (Lipinski definition) is 3. The molecule has 0 aliphatic heterocycles. The van der Waals surface area contributed by atoms with Gasteiger partial charge in [0.05, 0.1) is 31.6 Å². The second-order valence-corrected chi connectivity index (χ2v) is 5.18. The number of carboxylic acid groups (broad SMARTS) is 5. The molecule has 0 aromatic carbocycles. The van der Waals surface area contributed by atoms with Crippen LogP contribution in [0.25, 0.3) is 0 Å². The van der Waals surface area contributed by atoms with Gasteiger partial charge in [0.25, 0.3) is 0 Å². The van der Waals surface area contributed by atoms with Crippen molar-refractivity contribution in [1.29, 1.82) is 0 Å². The Morgan fingerprint density at radius 3 is 1.37 bits per heavy atom. The summed E-state index contributed by atoms with van der Waals surface area (Å²) in [6.45, 7) is -0.696. The average molecular weight is 448 g/mol. The van der Waals surface area contributed by atoms with Gasteiger partial charge in [-0.2, -0.15) is 0 Å².